The van der Waals surface area contributed by atoms with Gasteiger partial charge in [0.25, 0.3) is 0 Å². The molecular formula is C14H13NO2S. The average molecular weight is 259 g/mol. The number of benzene rings is 2. The monoisotopic (exact) mass is 259 g/mol. The fourth-order valence-corrected chi connectivity index (χ4v) is 2.16. The third kappa shape index (κ3) is 3.05. The summed E-state index contributed by atoms with van der Waals surface area (Å²) in [6, 6.07) is 14.9. The number of carboxylic acid groups (broad SMARTS) is 1. The van der Waals surface area contributed by atoms with Crippen molar-refractivity contribution in [2.24, 2.45) is 0 Å². The molecule has 0 saturated carbocycles. The molecule has 0 aromatic heterocycles. The Morgan fingerprint density at radius 1 is 1.11 bits per heavy atom. The van der Waals surface area contributed by atoms with Crippen LogP contribution < -0.4 is 4.72 Å². The topological polar surface area (TPSA) is 49.3 Å². The van der Waals surface area contributed by atoms with Gasteiger partial charge in [-0.25, -0.2) is 4.79 Å². The van der Waals surface area contributed by atoms with E-state index in [4.69, 9.17) is 5.11 Å². The Balaban J connectivity index is 2.10. The number of hydrogen-bond donors (Lipinski definition) is 2. The van der Waals surface area contributed by atoms with Crippen molar-refractivity contribution >= 4 is 23.6 Å². The number of aryl methyl sites for hydroxylation is 1. The van der Waals surface area contributed by atoms with Crippen molar-refractivity contribution in [2.75, 3.05) is 4.72 Å². The predicted octanol–water partition coefficient (Wildman–Crippen LogP) is 3.81. The Kier molecular flexibility index (Phi) is 3.89. The summed E-state index contributed by atoms with van der Waals surface area (Å²) < 4.78 is 3.07. The number of carbonyl (C=O) groups is 1. The molecule has 0 amide bonds. The lowest BCUT2D eigenvalue weighted by Gasteiger charge is -2.08. The molecular weight excluding hydrogens is 246 g/mol. The van der Waals surface area contributed by atoms with E-state index in [0.29, 0.717) is 5.69 Å². The van der Waals surface area contributed by atoms with Gasteiger partial charge in [0.05, 0.1) is 11.3 Å². The van der Waals surface area contributed by atoms with Crippen molar-refractivity contribution in [2.45, 2.75) is 11.8 Å². The standard InChI is InChI=1S/C14H13NO2S/c1-10-6-8-11(9-7-10)18-15-13-5-3-2-4-12(13)14(16)17/h2-9,15H,1H3,(H,16,17). The second-order valence-corrected chi connectivity index (χ2v) is 4.75. The molecule has 0 aliphatic rings. The van der Waals surface area contributed by atoms with E-state index in [1.807, 2.05) is 37.3 Å². The summed E-state index contributed by atoms with van der Waals surface area (Å²) in [7, 11) is 0. The van der Waals surface area contributed by atoms with Crippen molar-refractivity contribution in [3.05, 3.63) is 59.7 Å². The Labute approximate surface area is 110 Å². The van der Waals surface area contributed by atoms with Crippen LogP contribution in [0.3, 0.4) is 0 Å². The van der Waals surface area contributed by atoms with Gasteiger partial charge in [-0.2, -0.15) is 0 Å². The van der Waals surface area contributed by atoms with Gasteiger partial charge in [0.1, 0.15) is 0 Å². The zero-order valence-electron chi connectivity index (χ0n) is 9.88. The lowest BCUT2D eigenvalue weighted by Crippen LogP contribution is -2.00. The number of nitrogens with one attached hydrogen (secondary N) is 1. The van der Waals surface area contributed by atoms with E-state index < -0.39 is 5.97 Å². The number of anilines is 1. The number of rotatable bonds is 4. The Morgan fingerprint density at radius 2 is 1.78 bits per heavy atom. The zero-order valence-corrected chi connectivity index (χ0v) is 10.7. The van der Waals surface area contributed by atoms with Gasteiger partial charge in [0.2, 0.25) is 0 Å². The second kappa shape index (κ2) is 5.60. The highest BCUT2D eigenvalue weighted by molar-refractivity contribution is 8.00. The number of para-hydroxylation sites is 1. The maximum Gasteiger partial charge on any atom is 0.337 e. The minimum absolute atomic E-state index is 0.275. The highest BCUT2D eigenvalue weighted by atomic mass is 32.2. The third-order valence-corrected chi connectivity index (χ3v) is 3.29. The number of aromatic carboxylic acids is 1. The van der Waals surface area contributed by atoms with Crippen LogP contribution in [0.4, 0.5) is 5.69 Å². The Hall–Kier alpha value is -1.94. The average Bonchev–Trinajstić information content (AvgIpc) is 2.38. The number of carboxylic acids is 1. The van der Waals surface area contributed by atoms with Crippen molar-refractivity contribution in [3.63, 3.8) is 0 Å². The van der Waals surface area contributed by atoms with E-state index >= 15 is 0 Å². The van der Waals surface area contributed by atoms with Crippen LogP contribution in [0.2, 0.25) is 0 Å². The van der Waals surface area contributed by atoms with Crippen LogP contribution in [0.25, 0.3) is 0 Å². The summed E-state index contributed by atoms with van der Waals surface area (Å²) in [5.74, 6) is -0.928. The fourth-order valence-electron chi connectivity index (χ4n) is 1.48. The van der Waals surface area contributed by atoms with E-state index in [0.717, 1.165) is 4.90 Å². The smallest absolute Gasteiger partial charge is 0.337 e. The summed E-state index contributed by atoms with van der Waals surface area (Å²) in [5, 5.41) is 9.05. The summed E-state index contributed by atoms with van der Waals surface area (Å²) in [6.07, 6.45) is 0. The molecule has 0 unspecified atom stereocenters. The largest absolute Gasteiger partial charge is 0.478 e. The highest BCUT2D eigenvalue weighted by Crippen LogP contribution is 2.24. The first kappa shape index (κ1) is 12.5. The van der Waals surface area contributed by atoms with Gasteiger partial charge in [-0.1, -0.05) is 29.8 Å². The molecule has 4 heteroatoms. The Morgan fingerprint density at radius 3 is 2.44 bits per heavy atom. The highest BCUT2D eigenvalue weighted by Gasteiger charge is 2.08. The lowest BCUT2D eigenvalue weighted by molar-refractivity contribution is 0.0698. The molecule has 0 aliphatic carbocycles. The molecule has 0 heterocycles. The molecule has 3 nitrogen and oxygen atoms in total. The summed E-state index contributed by atoms with van der Waals surface area (Å²) >= 11 is 1.40. The lowest BCUT2D eigenvalue weighted by atomic mass is 10.2. The van der Waals surface area contributed by atoms with Gasteiger partial charge in [0.15, 0.2) is 0 Å². The molecule has 0 saturated heterocycles. The van der Waals surface area contributed by atoms with Crippen LogP contribution in [0, 0.1) is 6.92 Å². The second-order valence-electron chi connectivity index (χ2n) is 3.87. The first-order valence-corrected chi connectivity index (χ1v) is 6.30. The molecule has 0 spiro atoms. The van der Waals surface area contributed by atoms with Gasteiger partial charge in [-0.3, -0.25) is 0 Å². The molecule has 0 bridgehead atoms. The van der Waals surface area contributed by atoms with Crippen LogP contribution in [0.15, 0.2) is 53.4 Å². The van der Waals surface area contributed by atoms with Crippen molar-refractivity contribution in [3.8, 4) is 0 Å². The van der Waals surface area contributed by atoms with E-state index in [1.54, 1.807) is 18.2 Å². The summed E-state index contributed by atoms with van der Waals surface area (Å²) in [4.78, 5) is 12.1. The molecule has 92 valence electrons. The molecule has 2 aromatic carbocycles. The van der Waals surface area contributed by atoms with Gasteiger partial charge in [0, 0.05) is 4.90 Å². The molecule has 2 aromatic rings. The maximum absolute atomic E-state index is 11.0. The van der Waals surface area contributed by atoms with Gasteiger partial charge in [-0.05, 0) is 43.1 Å². The van der Waals surface area contributed by atoms with Gasteiger partial charge < -0.3 is 9.83 Å². The molecule has 0 radical (unpaired) electrons. The molecule has 0 atom stereocenters. The SMILES string of the molecule is Cc1ccc(SNc2ccccc2C(=O)O)cc1. The summed E-state index contributed by atoms with van der Waals surface area (Å²) in [5.41, 5.74) is 2.08. The van der Waals surface area contributed by atoms with E-state index in [1.165, 1.54) is 17.5 Å². The quantitative estimate of drug-likeness (QED) is 0.820. The molecule has 0 fully saturated rings. The van der Waals surface area contributed by atoms with Crippen LogP contribution in [0.1, 0.15) is 15.9 Å². The van der Waals surface area contributed by atoms with E-state index in [-0.39, 0.29) is 5.56 Å². The first-order valence-electron chi connectivity index (χ1n) is 5.48. The van der Waals surface area contributed by atoms with Crippen molar-refractivity contribution in [1.29, 1.82) is 0 Å². The molecule has 2 rings (SSSR count). The zero-order chi connectivity index (χ0) is 13.0. The van der Waals surface area contributed by atoms with Crippen molar-refractivity contribution in [1.82, 2.24) is 0 Å². The maximum atomic E-state index is 11.0. The van der Waals surface area contributed by atoms with E-state index in [2.05, 4.69) is 4.72 Å². The van der Waals surface area contributed by atoms with Crippen LogP contribution in [-0.2, 0) is 0 Å². The first-order chi connectivity index (χ1) is 8.66. The predicted molar refractivity (Wildman–Crippen MR) is 74.1 cm³/mol. The van der Waals surface area contributed by atoms with Gasteiger partial charge >= 0.3 is 5.97 Å². The Bertz CT molecular complexity index is 552. The van der Waals surface area contributed by atoms with Gasteiger partial charge in [-0.15, -0.1) is 0 Å². The summed E-state index contributed by atoms with van der Waals surface area (Å²) in [6.45, 7) is 2.03. The fraction of sp³-hybridized carbons (Fsp3) is 0.0714. The van der Waals surface area contributed by atoms with Crippen LogP contribution in [-0.4, -0.2) is 11.1 Å². The molecule has 2 N–H and O–H groups in total. The van der Waals surface area contributed by atoms with Crippen molar-refractivity contribution < 1.29 is 9.90 Å². The minimum atomic E-state index is -0.928. The van der Waals surface area contributed by atoms with E-state index in [9.17, 15) is 4.79 Å². The normalized spacial score (nSPS) is 10.1. The van der Waals surface area contributed by atoms with Crippen LogP contribution in [0.5, 0.6) is 0 Å². The number of hydrogen-bond acceptors (Lipinski definition) is 3. The molecule has 0 aliphatic heterocycles. The minimum Gasteiger partial charge on any atom is -0.478 e. The molecule has 18 heavy (non-hydrogen) atoms. The third-order valence-electron chi connectivity index (χ3n) is 2.46. The van der Waals surface area contributed by atoms with Crippen LogP contribution >= 0.6 is 11.9 Å².